The summed E-state index contributed by atoms with van der Waals surface area (Å²) in [5.41, 5.74) is 1.05. The first-order chi connectivity index (χ1) is 8.06. The first-order valence-electron chi connectivity index (χ1n) is 5.76. The van der Waals surface area contributed by atoms with Gasteiger partial charge in [0.25, 0.3) is 0 Å². The Morgan fingerprint density at radius 1 is 1.24 bits per heavy atom. The lowest BCUT2D eigenvalue weighted by atomic mass is 10.1. The molecule has 92 valence electrons. The summed E-state index contributed by atoms with van der Waals surface area (Å²) in [6.45, 7) is 5.86. The summed E-state index contributed by atoms with van der Waals surface area (Å²) < 4.78 is 5.70. The molecule has 1 aliphatic heterocycles. The minimum absolute atomic E-state index is 0.226. The number of halogens is 1. The Morgan fingerprint density at radius 2 is 1.76 bits per heavy atom. The van der Waals surface area contributed by atoms with Crippen molar-refractivity contribution in [3.63, 3.8) is 0 Å². The molecule has 0 bridgehead atoms. The van der Waals surface area contributed by atoms with Gasteiger partial charge >= 0.3 is 0 Å². The monoisotopic (exact) mass is 269 g/mol. The van der Waals surface area contributed by atoms with Crippen LogP contribution in [-0.2, 0) is 4.74 Å². The van der Waals surface area contributed by atoms with Crippen LogP contribution in [0.1, 0.15) is 19.4 Å². The van der Waals surface area contributed by atoms with E-state index in [1.807, 2.05) is 24.3 Å². The van der Waals surface area contributed by atoms with Crippen LogP contribution in [0.3, 0.4) is 0 Å². The van der Waals surface area contributed by atoms with E-state index >= 15 is 0 Å². The Labute approximate surface area is 113 Å². The van der Waals surface area contributed by atoms with E-state index in [0.717, 1.165) is 28.7 Å². The third kappa shape index (κ3) is 3.18. The van der Waals surface area contributed by atoms with Gasteiger partial charge in [0, 0.05) is 23.7 Å². The van der Waals surface area contributed by atoms with Gasteiger partial charge in [-0.15, -0.1) is 0 Å². The molecular weight excluding hydrogens is 254 g/mol. The highest BCUT2D eigenvalue weighted by molar-refractivity contribution is 7.80. The van der Waals surface area contributed by atoms with Crippen molar-refractivity contribution >= 4 is 28.8 Å². The molecule has 1 aliphatic rings. The maximum absolute atomic E-state index is 5.87. The molecule has 1 aromatic rings. The normalized spacial score (nSPS) is 24.8. The van der Waals surface area contributed by atoms with Crippen molar-refractivity contribution in [2.75, 3.05) is 13.1 Å². The van der Waals surface area contributed by atoms with E-state index in [9.17, 15) is 0 Å². The van der Waals surface area contributed by atoms with Crippen molar-refractivity contribution in [1.29, 1.82) is 0 Å². The third-order valence-corrected chi connectivity index (χ3v) is 3.54. The maximum Gasteiger partial charge on any atom is 0.109 e. The average Bonchev–Trinajstić information content (AvgIpc) is 2.28. The van der Waals surface area contributed by atoms with Crippen LogP contribution in [-0.4, -0.2) is 35.2 Å². The molecule has 0 saturated carbocycles. The van der Waals surface area contributed by atoms with Crippen LogP contribution < -0.4 is 0 Å². The topological polar surface area (TPSA) is 12.5 Å². The van der Waals surface area contributed by atoms with Crippen molar-refractivity contribution in [2.45, 2.75) is 26.1 Å². The van der Waals surface area contributed by atoms with Crippen LogP contribution >= 0.6 is 23.8 Å². The standard InChI is InChI=1S/C13H16ClNOS/c1-9-7-15(8-10(2)16-9)13(17)11-3-5-12(14)6-4-11/h3-6,9-10H,7-8H2,1-2H3/t9-,10+. The quantitative estimate of drug-likeness (QED) is 0.727. The zero-order valence-corrected chi connectivity index (χ0v) is 11.6. The van der Waals surface area contributed by atoms with Crippen LogP contribution in [0.5, 0.6) is 0 Å². The molecule has 1 heterocycles. The third-order valence-electron chi connectivity index (χ3n) is 2.80. The highest BCUT2D eigenvalue weighted by atomic mass is 35.5. The summed E-state index contributed by atoms with van der Waals surface area (Å²) in [5, 5.41) is 0.736. The number of ether oxygens (including phenoxy) is 1. The van der Waals surface area contributed by atoms with Crippen molar-refractivity contribution < 1.29 is 4.74 Å². The fraction of sp³-hybridized carbons (Fsp3) is 0.462. The lowest BCUT2D eigenvalue weighted by molar-refractivity contribution is -0.0472. The molecule has 1 saturated heterocycles. The second-order valence-corrected chi connectivity index (χ2v) is 5.30. The zero-order chi connectivity index (χ0) is 12.4. The summed E-state index contributed by atoms with van der Waals surface area (Å²) in [7, 11) is 0. The van der Waals surface area contributed by atoms with Crippen LogP contribution in [0.4, 0.5) is 0 Å². The molecule has 2 atom stereocenters. The van der Waals surface area contributed by atoms with Crippen molar-refractivity contribution in [1.82, 2.24) is 4.90 Å². The highest BCUT2D eigenvalue weighted by Crippen LogP contribution is 2.17. The van der Waals surface area contributed by atoms with Gasteiger partial charge in [-0.3, -0.25) is 0 Å². The lowest BCUT2D eigenvalue weighted by Crippen LogP contribution is -2.47. The Bertz CT molecular complexity index is 396. The number of benzene rings is 1. The Hall–Kier alpha value is -0.640. The van der Waals surface area contributed by atoms with Crippen molar-refractivity contribution in [2.24, 2.45) is 0 Å². The Morgan fingerprint density at radius 3 is 2.29 bits per heavy atom. The van der Waals surface area contributed by atoms with Crippen LogP contribution in [0.25, 0.3) is 0 Å². The molecule has 2 rings (SSSR count). The fourth-order valence-corrected chi connectivity index (χ4v) is 2.53. The smallest absolute Gasteiger partial charge is 0.109 e. The Balaban J connectivity index is 2.11. The highest BCUT2D eigenvalue weighted by Gasteiger charge is 2.24. The predicted octanol–water partition coefficient (Wildman–Crippen LogP) is 3.12. The molecule has 1 aromatic carbocycles. The first kappa shape index (κ1) is 12.8. The fourth-order valence-electron chi connectivity index (χ4n) is 2.12. The molecule has 17 heavy (non-hydrogen) atoms. The molecule has 0 unspecified atom stereocenters. The second kappa shape index (κ2) is 5.34. The van der Waals surface area contributed by atoms with E-state index < -0.39 is 0 Å². The van der Waals surface area contributed by atoms with Gasteiger partial charge < -0.3 is 9.64 Å². The number of hydrogen-bond donors (Lipinski definition) is 0. The Kier molecular flexibility index (Phi) is 4.02. The molecule has 0 amide bonds. The molecule has 0 aliphatic carbocycles. The molecule has 2 nitrogen and oxygen atoms in total. The molecule has 4 heteroatoms. The molecule has 0 aromatic heterocycles. The van der Waals surface area contributed by atoms with Gasteiger partial charge in [0.05, 0.1) is 12.2 Å². The summed E-state index contributed by atoms with van der Waals surface area (Å²) in [4.78, 5) is 3.08. The van der Waals surface area contributed by atoms with Gasteiger partial charge in [0.15, 0.2) is 0 Å². The maximum atomic E-state index is 5.87. The first-order valence-corrected chi connectivity index (χ1v) is 6.55. The molecular formula is C13H16ClNOS. The van der Waals surface area contributed by atoms with Gasteiger partial charge in [-0.25, -0.2) is 0 Å². The van der Waals surface area contributed by atoms with E-state index in [1.54, 1.807) is 0 Å². The van der Waals surface area contributed by atoms with Gasteiger partial charge in [-0.2, -0.15) is 0 Å². The number of thiocarbonyl (C=S) groups is 1. The largest absolute Gasteiger partial charge is 0.372 e. The summed E-state index contributed by atoms with van der Waals surface area (Å²) in [6.07, 6.45) is 0.452. The van der Waals surface area contributed by atoms with Gasteiger partial charge in [-0.1, -0.05) is 36.0 Å². The van der Waals surface area contributed by atoms with Crippen LogP contribution in [0, 0.1) is 0 Å². The van der Waals surface area contributed by atoms with E-state index in [2.05, 4.69) is 18.7 Å². The molecule has 0 radical (unpaired) electrons. The van der Waals surface area contributed by atoms with E-state index in [1.165, 1.54) is 0 Å². The predicted molar refractivity (Wildman–Crippen MR) is 74.7 cm³/mol. The summed E-state index contributed by atoms with van der Waals surface area (Å²) >= 11 is 11.4. The van der Waals surface area contributed by atoms with E-state index in [-0.39, 0.29) is 12.2 Å². The second-order valence-electron chi connectivity index (χ2n) is 4.47. The molecule has 0 N–H and O–H groups in total. The molecule has 0 spiro atoms. The minimum Gasteiger partial charge on any atom is -0.372 e. The number of rotatable bonds is 1. The average molecular weight is 270 g/mol. The zero-order valence-electron chi connectivity index (χ0n) is 10.0. The van der Waals surface area contributed by atoms with Crippen LogP contribution in [0.2, 0.25) is 5.02 Å². The van der Waals surface area contributed by atoms with E-state index in [4.69, 9.17) is 28.6 Å². The minimum atomic E-state index is 0.226. The van der Waals surface area contributed by atoms with Gasteiger partial charge in [0.1, 0.15) is 4.99 Å². The summed E-state index contributed by atoms with van der Waals surface area (Å²) in [5.74, 6) is 0. The van der Waals surface area contributed by atoms with Crippen molar-refractivity contribution in [3.8, 4) is 0 Å². The van der Waals surface area contributed by atoms with Crippen LogP contribution in [0.15, 0.2) is 24.3 Å². The number of nitrogens with zero attached hydrogens (tertiary/aromatic N) is 1. The number of morpholine rings is 1. The molecule has 1 fully saturated rings. The van der Waals surface area contributed by atoms with Crippen molar-refractivity contribution in [3.05, 3.63) is 34.9 Å². The van der Waals surface area contributed by atoms with Gasteiger partial charge in [0.2, 0.25) is 0 Å². The van der Waals surface area contributed by atoms with E-state index in [0.29, 0.717) is 0 Å². The summed E-state index contributed by atoms with van der Waals surface area (Å²) in [6, 6.07) is 7.68. The number of hydrogen-bond acceptors (Lipinski definition) is 2. The SMILES string of the molecule is C[C@@H]1CN(C(=S)c2ccc(Cl)cc2)C[C@H](C)O1. The van der Waals surface area contributed by atoms with Gasteiger partial charge in [-0.05, 0) is 26.0 Å². The lowest BCUT2D eigenvalue weighted by Gasteiger charge is -2.37.